The number of nitrogens with two attached hydrogens (primary N) is 1. The highest BCUT2D eigenvalue weighted by Gasteiger charge is 2.34. The Kier molecular flexibility index (Phi) is 7.84. The van der Waals surface area contributed by atoms with Gasteiger partial charge < -0.3 is 14.2 Å². The van der Waals surface area contributed by atoms with E-state index in [0.717, 1.165) is 22.7 Å². The molecule has 0 aliphatic rings. The van der Waals surface area contributed by atoms with E-state index < -0.39 is 21.3 Å². The van der Waals surface area contributed by atoms with Gasteiger partial charge in [-0.15, -0.1) is 11.3 Å². The summed E-state index contributed by atoms with van der Waals surface area (Å²) in [6, 6.07) is 1.71. The van der Waals surface area contributed by atoms with Crippen molar-refractivity contribution in [2.45, 2.75) is 56.8 Å². The molecule has 9 nitrogen and oxygen atoms in total. The summed E-state index contributed by atoms with van der Waals surface area (Å²) < 4.78 is 34.9. The third-order valence-electron chi connectivity index (χ3n) is 4.68. The van der Waals surface area contributed by atoms with E-state index in [9.17, 15) is 13.5 Å². The van der Waals surface area contributed by atoms with E-state index in [1.807, 2.05) is 19.9 Å². The summed E-state index contributed by atoms with van der Waals surface area (Å²) in [4.78, 5) is 7.39. The minimum absolute atomic E-state index is 0.0640. The second-order valence-electron chi connectivity index (χ2n) is 8.02. The second kappa shape index (κ2) is 9.63. The minimum Gasteiger partial charge on any atom is -0.504 e. The van der Waals surface area contributed by atoms with Gasteiger partial charge in [0.15, 0.2) is 16.0 Å². The first-order valence-electron chi connectivity index (χ1n) is 9.55. The third kappa shape index (κ3) is 5.62. The largest absolute Gasteiger partial charge is 0.504 e. The second-order valence-corrected chi connectivity index (χ2v) is 11.3. The summed E-state index contributed by atoms with van der Waals surface area (Å²) in [5.41, 5.74) is 6.56. The van der Waals surface area contributed by atoms with Crippen LogP contribution in [0.1, 0.15) is 51.5 Å². The number of aryl methyl sites for hydroxylation is 1. The molecule has 2 heterocycles. The van der Waals surface area contributed by atoms with E-state index >= 15 is 0 Å². The predicted octanol–water partition coefficient (Wildman–Crippen LogP) is 1.83. The molecule has 0 aromatic carbocycles. The van der Waals surface area contributed by atoms with Crippen LogP contribution in [0.2, 0.25) is 0 Å². The van der Waals surface area contributed by atoms with Crippen LogP contribution in [-0.2, 0) is 10.0 Å². The minimum atomic E-state index is -3.90. The van der Waals surface area contributed by atoms with Crippen LogP contribution in [0.3, 0.4) is 0 Å². The van der Waals surface area contributed by atoms with Crippen LogP contribution in [0.25, 0.3) is 0 Å². The van der Waals surface area contributed by atoms with Gasteiger partial charge in [0.1, 0.15) is 11.4 Å². The quantitative estimate of drug-likeness (QED) is 0.239. The Bertz CT molecular complexity index is 1080. The molecular formula is C19H30N5O4S3+. The highest BCUT2D eigenvalue weighted by molar-refractivity contribution is 7.91. The Hall–Kier alpha value is -2.02. The van der Waals surface area contributed by atoms with Crippen molar-refractivity contribution in [1.82, 2.24) is 9.03 Å². The van der Waals surface area contributed by atoms with Crippen LogP contribution < -0.4 is 15.4 Å². The number of hydrogen-bond donors (Lipinski definition) is 5. The van der Waals surface area contributed by atoms with Crippen molar-refractivity contribution in [2.75, 3.05) is 7.05 Å². The number of rotatable bonds is 6. The van der Waals surface area contributed by atoms with E-state index in [2.05, 4.69) is 27.5 Å². The first-order valence-corrected chi connectivity index (χ1v) is 12.3. The molecule has 2 rings (SSSR count). The lowest BCUT2D eigenvalue weighted by Gasteiger charge is -2.30. The summed E-state index contributed by atoms with van der Waals surface area (Å²) in [6.45, 7) is 9.20. The first kappa shape index (κ1) is 25.2. The fourth-order valence-electron chi connectivity index (χ4n) is 2.61. The van der Waals surface area contributed by atoms with Crippen LogP contribution >= 0.6 is 24.2 Å². The molecule has 0 amide bonds. The third-order valence-corrected chi connectivity index (χ3v) is 8.49. The van der Waals surface area contributed by atoms with Crippen LogP contribution in [-0.4, -0.2) is 42.1 Å². The lowest BCUT2D eigenvalue weighted by Crippen LogP contribution is -2.79. The van der Waals surface area contributed by atoms with E-state index in [0.29, 0.717) is 6.42 Å². The summed E-state index contributed by atoms with van der Waals surface area (Å²) in [5.74, 6) is 0.575. The van der Waals surface area contributed by atoms with Crippen molar-refractivity contribution in [1.29, 1.82) is 0 Å². The molecule has 0 unspecified atom stereocenters. The van der Waals surface area contributed by atoms with Gasteiger partial charge >= 0.3 is 5.84 Å². The Morgan fingerprint density at radius 1 is 1.48 bits per heavy atom. The number of nitrogens with one attached hydrogen (secondary N) is 2. The monoisotopic (exact) mass is 488 g/mol. The van der Waals surface area contributed by atoms with E-state index in [-0.39, 0.29) is 27.6 Å². The van der Waals surface area contributed by atoms with Gasteiger partial charge in [0.25, 0.3) is 10.0 Å². The number of nitrogens with zero attached hydrogens (tertiary/aromatic N) is 2. The molecule has 2 aromatic rings. The van der Waals surface area contributed by atoms with Gasteiger partial charge in [0.2, 0.25) is 5.84 Å². The molecule has 0 fully saturated rings. The van der Waals surface area contributed by atoms with E-state index in [1.165, 1.54) is 16.7 Å². The number of amidine groups is 2. The van der Waals surface area contributed by atoms with Crippen molar-refractivity contribution >= 4 is 51.5 Å². The molecule has 2 aromatic heterocycles. The van der Waals surface area contributed by atoms with Crippen molar-refractivity contribution in [3.05, 3.63) is 29.0 Å². The van der Waals surface area contributed by atoms with Crippen LogP contribution in [0.5, 0.6) is 5.75 Å². The molecule has 0 saturated heterocycles. The average Bonchev–Trinajstić information content (AvgIpc) is 3.28. The average molecular weight is 489 g/mol. The van der Waals surface area contributed by atoms with Gasteiger partial charge in [-0.2, -0.15) is 4.31 Å². The fraction of sp³-hybridized carbons (Fsp3) is 0.474. The van der Waals surface area contributed by atoms with Gasteiger partial charge in [-0.05, 0) is 45.7 Å². The molecule has 0 radical (unpaired) electrons. The SMILES string of the molecule is CC[C@@H]([NH+]=C(N)C(=Nc1csc(S(=O)(=O)N(C)C(C)(C)C)c1O)NS)c1cc(C)co1. The fourth-order valence-corrected chi connectivity index (χ4v) is 5.66. The van der Waals surface area contributed by atoms with Gasteiger partial charge in [-0.1, -0.05) is 19.7 Å². The maximum Gasteiger partial charge on any atom is 0.310 e. The Morgan fingerprint density at radius 2 is 2.13 bits per heavy atom. The molecular weight excluding hydrogens is 458 g/mol. The van der Waals surface area contributed by atoms with Gasteiger partial charge in [0, 0.05) is 18.0 Å². The van der Waals surface area contributed by atoms with Crippen molar-refractivity contribution in [3.63, 3.8) is 0 Å². The summed E-state index contributed by atoms with van der Waals surface area (Å²) in [5, 5.41) is 12.0. The lowest BCUT2D eigenvalue weighted by atomic mass is 10.1. The molecule has 0 aliphatic carbocycles. The van der Waals surface area contributed by atoms with Crippen LogP contribution in [0, 0.1) is 6.92 Å². The van der Waals surface area contributed by atoms with Crippen molar-refractivity contribution in [2.24, 2.45) is 10.7 Å². The Balaban J connectivity index is 2.41. The number of hydrogen-bond acceptors (Lipinski definition) is 7. The molecule has 0 aliphatic heterocycles. The highest BCUT2D eigenvalue weighted by atomic mass is 32.2. The topological polar surface area (TPSA) is 135 Å². The lowest BCUT2D eigenvalue weighted by molar-refractivity contribution is -0.513. The van der Waals surface area contributed by atoms with Crippen LogP contribution in [0.15, 0.2) is 31.3 Å². The Labute approximate surface area is 192 Å². The number of aliphatic imine (C=N–C) groups is 1. The summed E-state index contributed by atoms with van der Waals surface area (Å²) >= 11 is 4.93. The van der Waals surface area contributed by atoms with Gasteiger partial charge in [0.05, 0.1) is 6.26 Å². The molecule has 0 spiro atoms. The van der Waals surface area contributed by atoms with Crippen molar-refractivity contribution < 1.29 is 22.9 Å². The standard InChI is InChI=1S/C19H29N5O4S3/c1-7-12(14-8-11(2)9-28-14)21-16(20)17(23-29)22-13-10-30-18(15(13)25)31(26,27)24(6)19(3,4)5/h8-10,12,25,29H,7H2,1-6H3,(H2,20,21)(H,22,23)/p+1/t12-/m1/s1. The number of furan rings is 1. The van der Waals surface area contributed by atoms with Gasteiger partial charge in [-0.3, -0.25) is 10.7 Å². The zero-order chi connectivity index (χ0) is 23.6. The zero-order valence-corrected chi connectivity index (χ0v) is 21.0. The summed E-state index contributed by atoms with van der Waals surface area (Å²) in [6.07, 6.45) is 2.35. The molecule has 0 saturated carbocycles. The molecule has 5 N–H and O–H groups in total. The normalized spacial score (nSPS) is 14.8. The smallest absolute Gasteiger partial charge is 0.310 e. The first-order chi connectivity index (χ1) is 14.3. The molecule has 12 heteroatoms. The van der Waals surface area contributed by atoms with E-state index in [1.54, 1.807) is 27.0 Å². The number of aromatic hydroxyl groups is 1. The highest BCUT2D eigenvalue weighted by Crippen LogP contribution is 2.41. The van der Waals surface area contributed by atoms with E-state index in [4.69, 9.17) is 10.2 Å². The van der Waals surface area contributed by atoms with Crippen molar-refractivity contribution in [3.8, 4) is 5.75 Å². The molecule has 172 valence electrons. The zero-order valence-electron chi connectivity index (χ0n) is 18.4. The number of sulfonamides is 1. The van der Waals surface area contributed by atoms with Gasteiger partial charge in [-0.25, -0.2) is 13.4 Å². The molecule has 31 heavy (non-hydrogen) atoms. The maximum absolute atomic E-state index is 12.9. The Morgan fingerprint density at radius 3 is 2.61 bits per heavy atom. The molecule has 1 atom stereocenters. The number of thiol groups is 1. The predicted molar refractivity (Wildman–Crippen MR) is 127 cm³/mol. The molecule has 0 bridgehead atoms. The summed E-state index contributed by atoms with van der Waals surface area (Å²) in [7, 11) is -2.43. The maximum atomic E-state index is 12.9. The van der Waals surface area contributed by atoms with Crippen LogP contribution in [0.4, 0.5) is 5.69 Å². The number of thiophene rings is 1.